The molecular weight excluding hydrogens is 132 g/mol. The molecule has 1 heterocycles. The van der Waals surface area contributed by atoms with Crippen molar-refractivity contribution in [2.75, 3.05) is 6.61 Å². The maximum absolute atomic E-state index is 8.56. The van der Waals surface area contributed by atoms with Gasteiger partial charge in [0, 0.05) is 10.2 Å². The third kappa shape index (κ3) is 2.08. The SMILES string of the molecule is OCC1OC1CCC[SiH3]. The van der Waals surface area contributed by atoms with E-state index in [1.165, 1.54) is 22.7 Å². The van der Waals surface area contributed by atoms with Crippen LogP contribution < -0.4 is 0 Å². The van der Waals surface area contributed by atoms with Crippen molar-refractivity contribution in [3.8, 4) is 0 Å². The molecule has 1 aliphatic rings. The van der Waals surface area contributed by atoms with Gasteiger partial charge in [0.1, 0.15) is 6.10 Å². The Morgan fingerprint density at radius 1 is 1.44 bits per heavy atom. The highest BCUT2D eigenvalue weighted by Gasteiger charge is 2.36. The summed E-state index contributed by atoms with van der Waals surface area (Å²) in [6, 6.07) is 1.36. The van der Waals surface area contributed by atoms with Crippen LogP contribution in [0.1, 0.15) is 12.8 Å². The molecule has 9 heavy (non-hydrogen) atoms. The van der Waals surface area contributed by atoms with Gasteiger partial charge in [-0.15, -0.1) is 0 Å². The van der Waals surface area contributed by atoms with Gasteiger partial charge in [0.2, 0.25) is 0 Å². The molecule has 54 valence electrons. The Bertz CT molecular complexity index is 87.1. The van der Waals surface area contributed by atoms with E-state index in [0.717, 1.165) is 6.42 Å². The van der Waals surface area contributed by atoms with Crippen LogP contribution in [0, 0.1) is 0 Å². The molecule has 3 heteroatoms. The van der Waals surface area contributed by atoms with Gasteiger partial charge in [-0.2, -0.15) is 0 Å². The van der Waals surface area contributed by atoms with Gasteiger partial charge in [-0.25, -0.2) is 0 Å². The Morgan fingerprint density at radius 2 is 2.22 bits per heavy atom. The molecule has 0 bridgehead atoms. The van der Waals surface area contributed by atoms with E-state index in [1.54, 1.807) is 0 Å². The molecular formula is C6H14O2Si. The monoisotopic (exact) mass is 146 g/mol. The van der Waals surface area contributed by atoms with E-state index in [-0.39, 0.29) is 12.7 Å². The van der Waals surface area contributed by atoms with Gasteiger partial charge < -0.3 is 9.84 Å². The first-order valence-electron chi connectivity index (χ1n) is 3.64. The Labute approximate surface area is 58.6 Å². The van der Waals surface area contributed by atoms with Crippen molar-refractivity contribution in [2.24, 2.45) is 0 Å². The van der Waals surface area contributed by atoms with Gasteiger partial charge in [0.05, 0.1) is 12.7 Å². The summed E-state index contributed by atoms with van der Waals surface area (Å²) in [5.74, 6) is 0. The van der Waals surface area contributed by atoms with E-state index in [9.17, 15) is 0 Å². The van der Waals surface area contributed by atoms with Crippen LogP contribution in [0.3, 0.4) is 0 Å². The normalized spacial score (nSPS) is 33.0. The van der Waals surface area contributed by atoms with Crippen molar-refractivity contribution in [1.29, 1.82) is 0 Å². The molecule has 1 rings (SSSR count). The predicted octanol–water partition coefficient (Wildman–Crippen LogP) is -0.690. The number of aliphatic hydroxyl groups is 1. The Balaban J connectivity index is 1.92. The van der Waals surface area contributed by atoms with Gasteiger partial charge in [0.15, 0.2) is 0 Å². The zero-order valence-corrected chi connectivity index (χ0v) is 7.84. The van der Waals surface area contributed by atoms with E-state index in [0.29, 0.717) is 6.10 Å². The van der Waals surface area contributed by atoms with E-state index in [2.05, 4.69) is 0 Å². The van der Waals surface area contributed by atoms with E-state index in [1.807, 2.05) is 0 Å². The number of hydrogen-bond donors (Lipinski definition) is 1. The molecule has 0 saturated carbocycles. The number of epoxide rings is 1. The van der Waals surface area contributed by atoms with Gasteiger partial charge in [-0.3, -0.25) is 0 Å². The number of rotatable bonds is 4. The van der Waals surface area contributed by atoms with Crippen molar-refractivity contribution in [3.63, 3.8) is 0 Å². The fraction of sp³-hybridized carbons (Fsp3) is 1.00. The lowest BCUT2D eigenvalue weighted by Crippen LogP contribution is -1.98. The summed E-state index contributed by atoms with van der Waals surface area (Å²) >= 11 is 0. The van der Waals surface area contributed by atoms with E-state index < -0.39 is 0 Å². The summed E-state index contributed by atoms with van der Waals surface area (Å²) in [6.07, 6.45) is 3.05. The van der Waals surface area contributed by atoms with Gasteiger partial charge in [-0.1, -0.05) is 12.5 Å². The van der Waals surface area contributed by atoms with Crippen molar-refractivity contribution in [2.45, 2.75) is 31.1 Å². The van der Waals surface area contributed by atoms with Gasteiger partial charge >= 0.3 is 0 Å². The maximum atomic E-state index is 8.56. The highest BCUT2D eigenvalue weighted by Crippen LogP contribution is 2.25. The van der Waals surface area contributed by atoms with Gasteiger partial charge in [-0.05, 0) is 6.42 Å². The molecule has 1 N–H and O–H groups in total. The van der Waals surface area contributed by atoms with Crippen LogP contribution in [-0.4, -0.2) is 34.2 Å². The minimum atomic E-state index is 0.193. The lowest BCUT2D eigenvalue weighted by Gasteiger charge is -1.88. The third-order valence-electron chi connectivity index (χ3n) is 1.71. The summed E-state index contributed by atoms with van der Waals surface area (Å²) in [5, 5.41) is 8.56. The molecule has 0 aromatic rings. The zero-order valence-electron chi connectivity index (χ0n) is 5.84. The van der Waals surface area contributed by atoms with Crippen LogP contribution in [0.15, 0.2) is 0 Å². The molecule has 0 spiro atoms. The van der Waals surface area contributed by atoms with Gasteiger partial charge in [0.25, 0.3) is 0 Å². The van der Waals surface area contributed by atoms with Crippen molar-refractivity contribution in [1.82, 2.24) is 0 Å². The molecule has 2 nitrogen and oxygen atoms in total. The van der Waals surface area contributed by atoms with Crippen molar-refractivity contribution >= 4 is 10.2 Å². The van der Waals surface area contributed by atoms with Crippen LogP contribution in [0.25, 0.3) is 0 Å². The van der Waals surface area contributed by atoms with Crippen LogP contribution in [0.5, 0.6) is 0 Å². The number of aliphatic hydroxyl groups excluding tert-OH is 1. The summed E-state index contributed by atoms with van der Waals surface area (Å²) in [4.78, 5) is 0. The Morgan fingerprint density at radius 3 is 2.67 bits per heavy atom. The molecule has 0 aromatic carbocycles. The molecule has 0 amide bonds. The molecule has 1 saturated heterocycles. The lowest BCUT2D eigenvalue weighted by atomic mass is 10.2. The van der Waals surface area contributed by atoms with Crippen molar-refractivity contribution < 1.29 is 9.84 Å². The second kappa shape index (κ2) is 3.34. The minimum absolute atomic E-state index is 0.193. The largest absolute Gasteiger partial charge is 0.394 e. The Hall–Kier alpha value is 0.137. The molecule has 2 unspecified atom stereocenters. The third-order valence-corrected chi connectivity index (χ3v) is 2.42. The summed E-state index contributed by atoms with van der Waals surface area (Å²) in [5.41, 5.74) is 0. The smallest absolute Gasteiger partial charge is 0.107 e. The maximum Gasteiger partial charge on any atom is 0.107 e. The summed E-state index contributed by atoms with van der Waals surface area (Å²) in [7, 11) is 1.30. The fourth-order valence-electron chi connectivity index (χ4n) is 0.999. The summed E-state index contributed by atoms with van der Waals surface area (Å²) in [6.45, 7) is 0.214. The average Bonchev–Trinajstić information content (AvgIpc) is 2.62. The van der Waals surface area contributed by atoms with Crippen LogP contribution in [0.4, 0.5) is 0 Å². The molecule has 0 aromatic heterocycles. The lowest BCUT2D eigenvalue weighted by molar-refractivity contribution is 0.241. The molecule has 1 aliphatic heterocycles. The quantitative estimate of drug-likeness (QED) is 0.421. The minimum Gasteiger partial charge on any atom is -0.394 e. The first kappa shape index (κ1) is 7.25. The molecule has 0 aliphatic carbocycles. The Kier molecular flexibility index (Phi) is 2.69. The number of ether oxygens (including phenoxy) is 1. The highest BCUT2D eigenvalue weighted by molar-refractivity contribution is 6.08. The van der Waals surface area contributed by atoms with E-state index >= 15 is 0 Å². The zero-order chi connectivity index (χ0) is 6.69. The average molecular weight is 146 g/mol. The number of hydrogen-bond acceptors (Lipinski definition) is 2. The second-order valence-corrected chi connectivity index (χ2v) is 3.54. The molecule has 0 radical (unpaired) electrons. The van der Waals surface area contributed by atoms with Crippen LogP contribution in [-0.2, 0) is 4.74 Å². The van der Waals surface area contributed by atoms with Crippen LogP contribution >= 0.6 is 0 Å². The summed E-state index contributed by atoms with van der Waals surface area (Å²) < 4.78 is 5.13. The van der Waals surface area contributed by atoms with Crippen LogP contribution in [0.2, 0.25) is 6.04 Å². The predicted molar refractivity (Wildman–Crippen MR) is 39.7 cm³/mol. The standard InChI is InChI=1S/C6H14O2Si/c7-4-6-5(8-6)2-1-3-9/h5-7H,1-4H2,9H3. The first-order chi connectivity index (χ1) is 4.38. The molecule has 2 atom stereocenters. The highest BCUT2D eigenvalue weighted by atomic mass is 28.1. The molecule has 1 fully saturated rings. The topological polar surface area (TPSA) is 32.8 Å². The van der Waals surface area contributed by atoms with Crippen molar-refractivity contribution in [3.05, 3.63) is 0 Å². The first-order valence-corrected chi connectivity index (χ1v) is 5.06. The van der Waals surface area contributed by atoms with E-state index in [4.69, 9.17) is 9.84 Å². The fourth-order valence-corrected chi connectivity index (χ4v) is 1.41. The second-order valence-electron chi connectivity index (χ2n) is 2.54.